The molecule has 1 aromatic carbocycles. The van der Waals surface area contributed by atoms with Gasteiger partial charge in [-0.2, -0.15) is 5.26 Å². The van der Waals surface area contributed by atoms with Crippen LogP contribution >= 0.6 is 0 Å². The van der Waals surface area contributed by atoms with Crippen molar-refractivity contribution >= 4 is 0 Å². The zero-order valence-electron chi connectivity index (χ0n) is 9.77. The fourth-order valence-corrected chi connectivity index (χ4v) is 1.40. The summed E-state index contributed by atoms with van der Waals surface area (Å²) in [6, 6.07) is 11.3. The lowest BCUT2D eigenvalue weighted by Crippen LogP contribution is -1.89. The van der Waals surface area contributed by atoms with E-state index in [1.54, 1.807) is 12.1 Å². The molecule has 0 unspecified atom stereocenters. The fourth-order valence-electron chi connectivity index (χ4n) is 1.40. The standard InChI is InChI=1S/C14H12N2O/c1-10-3-5-13(7-11(10)2)17-14-6-4-12(8-15)9-16-14/h3-7,9H,1-2H3. The first-order valence-electron chi connectivity index (χ1n) is 5.30. The van der Waals surface area contributed by atoms with E-state index in [-0.39, 0.29) is 0 Å². The Hall–Kier alpha value is -2.34. The Morgan fingerprint density at radius 3 is 2.53 bits per heavy atom. The van der Waals surface area contributed by atoms with Crippen LogP contribution in [-0.2, 0) is 0 Å². The van der Waals surface area contributed by atoms with Gasteiger partial charge >= 0.3 is 0 Å². The van der Waals surface area contributed by atoms with Gasteiger partial charge in [0.25, 0.3) is 0 Å². The first kappa shape index (κ1) is 11.2. The summed E-state index contributed by atoms with van der Waals surface area (Å²) in [5.41, 5.74) is 2.93. The molecule has 17 heavy (non-hydrogen) atoms. The zero-order valence-corrected chi connectivity index (χ0v) is 9.77. The summed E-state index contributed by atoms with van der Waals surface area (Å²) in [6.45, 7) is 4.09. The largest absolute Gasteiger partial charge is 0.439 e. The first-order valence-corrected chi connectivity index (χ1v) is 5.30. The highest BCUT2D eigenvalue weighted by Gasteiger charge is 2.00. The SMILES string of the molecule is Cc1ccc(Oc2ccc(C#N)cn2)cc1C. The van der Waals surface area contributed by atoms with Gasteiger partial charge in [0.1, 0.15) is 11.8 Å². The number of nitriles is 1. The lowest BCUT2D eigenvalue weighted by Gasteiger charge is -2.06. The van der Waals surface area contributed by atoms with Crippen LogP contribution in [0.2, 0.25) is 0 Å². The van der Waals surface area contributed by atoms with E-state index in [1.807, 2.05) is 31.2 Å². The number of rotatable bonds is 2. The summed E-state index contributed by atoms with van der Waals surface area (Å²) < 4.78 is 5.59. The Bertz CT molecular complexity index is 568. The molecule has 0 aliphatic heterocycles. The molecule has 3 heteroatoms. The highest BCUT2D eigenvalue weighted by Crippen LogP contribution is 2.21. The second kappa shape index (κ2) is 4.67. The quantitative estimate of drug-likeness (QED) is 0.785. The number of aryl methyl sites for hydroxylation is 2. The topological polar surface area (TPSA) is 45.9 Å². The second-order valence-corrected chi connectivity index (χ2v) is 3.85. The van der Waals surface area contributed by atoms with Crippen molar-refractivity contribution in [2.24, 2.45) is 0 Å². The minimum absolute atomic E-state index is 0.493. The van der Waals surface area contributed by atoms with Crippen LogP contribution in [0, 0.1) is 25.2 Å². The average Bonchev–Trinajstić information content (AvgIpc) is 2.35. The van der Waals surface area contributed by atoms with Crippen molar-refractivity contribution in [3.8, 4) is 17.7 Å². The molecule has 0 saturated carbocycles. The molecular formula is C14H12N2O. The number of hydrogen-bond acceptors (Lipinski definition) is 3. The third kappa shape index (κ3) is 2.61. The van der Waals surface area contributed by atoms with Crippen LogP contribution in [0.15, 0.2) is 36.5 Å². The number of ether oxygens (including phenoxy) is 1. The van der Waals surface area contributed by atoms with Crippen LogP contribution in [0.3, 0.4) is 0 Å². The Labute approximate surface area is 100 Å². The molecular weight excluding hydrogens is 212 g/mol. The van der Waals surface area contributed by atoms with Crippen LogP contribution in [0.25, 0.3) is 0 Å². The molecule has 0 bridgehead atoms. The first-order chi connectivity index (χ1) is 8.19. The molecule has 0 aliphatic carbocycles. The molecule has 2 aromatic rings. The van der Waals surface area contributed by atoms with Crippen LogP contribution < -0.4 is 4.74 Å². The minimum atomic E-state index is 0.493. The van der Waals surface area contributed by atoms with E-state index in [2.05, 4.69) is 11.9 Å². The Morgan fingerprint density at radius 2 is 1.94 bits per heavy atom. The monoisotopic (exact) mass is 224 g/mol. The summed E-state index contributed by atoms with van der Waals surface area (Å²) in [5.74, 6) is 1.25. The fraction of sp³-hybridized carbons (Fsp3) is 0.143. The Kier molecular flexibility index (Phi) is 3.06. The maximum atomic E-state index is 8.65. The molecule has 0 amide bonds. The third-order valence-electron chi connectivity index (χ3n) is 2.57. The Morgan fingerprint density at radius 1 is 1.12 bits per heavy atom. The molecule has 1 heterocycles. The van der Waals surface area contributed by atoms with E-state index < -0.39 is 0 Å². The van der Waals surface area contributed by atoms with Crippen molar-refractivity contribution < 1.29 is 4.74 Å². The van der Waals surface area contributed by atoms with E-state index in [4.69, 9.17) is 10.00 Å². The second-order valence-electron chi connectivity index (χ2n) is 3.85. The van der Waals surface area contributed by atoms with E-state index in [0.717, 1.165) is 5.75 Å². The number of aromatic nitrogens is 1. The predicted molar refractivity (Wildman–Crippen MR) is 64.9 cm³/mol. The molecule has 84 valence electrons. The lowest BCUT2D eigenvalue weighted by molar-refractivity contribution is 0.462. The van der Waals surface area contributed by atoms with Crippen LogP contribution in [-0.4, -0.2) is 4.98 Å². The number of hydrogen-bond donors (Lipinski definition) is 0. The van der Waals surface area contributed by atoms with Crippen molar-refractivity contribution in [3.05, 3.63) is 53.2 Å². The number of benzene rings is 1. The van der Waals surface area contributed by atoms with Gasteiger partial charge in [0.15, 0.2) is 0 Å². The highest BCUT2D eigenvalue weighted by atomic mass is 16.5. The van der Waals surface area contributed by atoms with Gasteiger partial charge in [-0.05, 0) is 43.2 Å². The minimum Gasteiger partial charge on any atom is -0.439 e. The maximum Gasteiger partial charge on any atom is 0.219 e. The average molecular weight is 224 g/mol. The smallest absolute Gasteiger partial charge is 0.219 e. The molecule has 0 fully saturated rings. The van der Waals surface area contributed by atoms with Crippen molar-refractivity contribution in [1.82, 2.24) is 4.98 Å². The normalized spacial score (nSPS) is 9.71. The van der Waals surface area contributed by atoms with Gasteiger partial charge in [-0.1, -0.05) is 6.07 Å². The number of pyridine rings is 1. The van der Waals surface area contributed by atoms with Gasteiger partial charge in [-0.3, -0.25) is 0 Å². The van der Waals surface area contributed by atoms with Crippen molar-refractivity contribution in [2.75, 3.05) is 0 Å². The maximum absolute atomic E-state index is 8.65. The molecule has 2 rings (SSSR count). The molecule has 0 N–H and O–H groups in total. The summed E-state index contributed by atoms with van der Waals surface area (Å²) in [7, 11) is 0. The van der Waals surface area contributed by atoms with Crippen molar-refractivity contribution in [1.29, 1.82) is 5.26 Å². The van der Waals surface area contributed by atoms with Gasteiger partial charge < -0.3 is 4.74 Å². The van der Waals surface area contributed by atoms with Crippen molar-refractivity contribution in [3.63, 3.8) is 0 Å². The van der Waals surface area contributed by atoms with Crippen LogP contribution in [0.4, 0.5) is 0 Å². The van der Waals surface area contributed by atoms with Crippen LogP contribution in [0.5, 0.6) is 11.6 Å². The molecule has 1 aromatic heterocycles. The summed E-state index contributed by atoms with van der Waals surface area (Å²) >= 11 is 0. The molecule has 0 atom stereocenters. The van der Waals surface area contributed by atoms with E-state index >= 15 is 0 Å². The van der Waals surface area contributed by atoms with E-state index in [9.17, 15) is 0 Å². The predicted octanol–water partition coefficient (Wildman–Crippen LogP) is 3.36. The van der Waals surface area contributed by atoms with Crippen LogP contribution in [0.1, 0.15) is 16.7 Å². The molecule has 3 nitrogen and oxygen atoms in total. The number of nitrogens with zero attached hydrogens (tertiary/aromatic N) is 2. The molecule has 0 spiro atoms. The molecule has 0 radical (unpaired) electrons. The summed E-state index contributed by atoms with van der Waals surface area (Å²) in [6.07, 6.45) is 1.50. The van der Waals surface area contributed by atoms with Gasteiger partial charge in [-0.15, -0.1) is 0 Å². The van der Waals surface area contributed by atoms with Gasteiger partial charge in [-0.25, -0.2) is 4.98 Å². The third-order valence-corrected chi connectivity index (χ3v) is 2.57. The van der Waals surface area contributed by atoms with Crippen molar-refractivity contribution in [2.45, 2.75) is 13.8 Å². The van der Waals surface area contributed by atoms with Gasteiger partial charge in [0.05, 0.1) is 5.56 Å². The molecule has 0 saturated heterocycles. The zero-order chi connectivity index (χ0) is 12.3. The highest BCUT2D eigenvalue weighted by molar-refractivity contribution is 5.36. The van der Waals surface area contributed by atoms with Gasteiger partial charge in [0.2, 0.25) is 5.88 Å². The Balaban J connectivity index is 2.20. The molecule has 0 aliphatic rings. The summed E-state index contributed by atoms with van der Waals surface area (Å²) in [5, 5.41) is 8.65. The van der Waals surface area contributed by atoms with Gasteiger partial charge in [0, 0.05) is 12.3 Å². The van der Waals surface area contributed by atoms with E-state index in [0.29, 0.717) is 11.4 Å². The van der Waals surface area contributed by atoms with E-state index in [1.165, 1.54) is 17.3 Å². The summed E-state index contributed by atoms with van der Waals surface area (Å²) in [4.78, 5) is 4.05. The lowest BCUT2D eigenvalue weighted by atomic mass is 10.1.